The van der Waals surface area contributed by atoms with Crippen LogP contribution in [-0.2, 0) is 6.61 Å². The molecular formula is C20H23NO. The van der Waals surface area contributed by atoms with Crippen molar-refractivity contribution in [3.8, 4) is 5.75 Å². The minimum Gasteiger partial charge on any atom is -0.489 e. The maximum absolute atomic E-state index is 5.89. The van der Waals surface area contributed by atoms with Crippen LogP contribution in [0.1, 0.15) is 29.9 Å². The van der Waals surface area contributed by atoms with E-state index in [9.17, 15) is 0 Å². The van der Waals surface area contributed by atoms with Crippen molar-refractivity contribution < 1.29 is 4.74 Å². The maximum atomic E-state index is 5.89. The Kier molecular flexibility index (Phi) is 3.86. The lowest BCUT2D eigenvalue weighted by molar-refractivity contribution is 0.0871. The standard InChI is InChI=1S/C20H23NO/c1-2-4-16(5-3-1)15-22-19-8-6-17(7-9-19)20-14-21-12-10-18(20)11-13-21/h1-9,18,20H,10-15H2. The van der Waals surface area contributed by atoms with Gasteiger partial charge in [-0.05, 0) is 61.0 Å². The summed E-state index contributed by atoms with van der Waals surface area (Å²) < 4.78 is 5.89. The molecule has 3 saturated heterocycles. The van der Waals surface area contributed by atoms with E-state index in [4.69, 9.17) is 4.74 Å². The number of ether oxygens (including phenoxy) is 1. The molecular weight excluding hydrogens is 270 g/mol. The molecule has 2 aromatic rings. The average Bonchev–Trinajstić information content (AvgIpc) is 2.62. The highest BCUT2D eigenvalue weighted by Crippen LogP contribution is 2.39. The molecule has 0 spiro atoms. The lowest BCUT2D eigenvalue weighted by atomic mass is 9.75. The topological polar surface area (TPSA) is 12.5 Å². The molecule has 3 fully saturated rings. The first-order chi connectivity index (χ1) is 10.9. The van der Waals surface area contributed by atoms with Gasteiger partial charge in [0.2, 0.25) is 0 Å². The highest BCUT2D eigenvalue weighted by molar-refractivity contribution is 5.31. The van der Waals surface area contributed by atoms with E-state index in [1.165, 1.54) is 43.6 Å². The summed E-state index contributed by atoms with van der Waals surface area (Å²) in [5, 5.41) is 0. The van der Waals surface area contributed by atoms with Gasteiger partial charge in [0.15, 0.2) is 0 Å². The van der Waals surface area contributed by atoms with Crippen LogP contribution in [0.5, 0.6) is 5.75 Å². The van der Waals surface area contributed by atoms with Crippen LogP contribution in [0.4, 0.5) is 0 Å². The minimum absolute atomic E-state index is 0.639. The SMILES string of the molecule is c1ccc(COc2ccc(C3CN4CCC3CC4)cc2)cc1. The van der Waals surface area contributed by atoms with Gasteiger partial charge in [0.25, 0.3) is 0 Å². The molecule has 1 atom stereocenters. The van der Waals surface area contributed by atoms with Crippen molar-refractivity contribution in [3.63, 3.8) is 0 Å². The number of nitrogens with zero attached hydrogens (tertiary/aromatic N) is 1. The van der Waals surface area contributed by atoms with Crippen molar-refractivity contribution in [2.45, 2.75) is 25.4 Å². The van der Waals surface area contributed by atoms with Crippen LogP contribution in [0.2, 0.25) is 0 Å². The highest BCUT2D eigenvalue weighted by Gasteiger charge is 2.34. The Bertz CT molecular complexity index is 599. The fraction of sp³-hybridized carbons (Fsp3) is 0.400. The summed E-state index contributed by atoms with van der Waals surface area (Å²) in [7, 11) is 0. The van der Waals surface area contributed by atoms with Crippen molar-refractivity contribution in [1.29, 1.82) is 0 Å². The monoisotopic (exact) mass is 293 g/mol. The molecule has 5 rings (SSSR count). The van der Waals surface area contributed by atoms with Gasteiger partial charge in [-0.3, -0.25) is 0 Å². The van der Waals surface area contributed by atoms with Gasteiger partial charge in [0.05, 0.1) is 0 Å². The lowest BCUT2D eigenvalue weighted by Gasteiger charge is -2.45. The molecule has 2 aromatic carbocycles. The van der Waals surface area contributed by atoms with E-state index in [1.807, 2.05) is 6.07 Å². The van der Waals surface area contributed by atoms with E-state index in [1.54, 1.807) is 0 Å². The zero-order chi connectivity index (χ0) is 14.8. The molecule has 0 N–H and O–H groups in total. The number of hydrogen-bond acceptors (Lipinski definition) is 2. The van der Waals surface area contributed by atoms with Gasteiger partial charge >= 0.3 is 0 Å². The molecule has 0 aliphatic carbocycles. The summed E-state index contributed by atoms with van der Waals surface area (Å²) >= 11 is 0. The Labute approximate surface area is 132 Å². The molecule has 0 amide bonds. The molecule has 1 unspecified atom stereocenters. The Hall–Kier alpha value is -1.80. The molecule has 0 radical (unpaired) electrons. The minimum atomic E-state index is 0.639. The number of rotatable bonds is 4. The van der Waals surface area contributed by atoms with Crippen LogP contribution in [-0.4, -0.2) is 24.5 Å². The molecule has 2 nitrogen and oxygen atoms in total. The van der Waals surface area contributed by atoms with E-state index in [-0.39, 0.29) is 0 Å². The zero-order valence-corrected chi connectivity index (χ0v) is 12.9. The van der Waals surface area contributed by atoms with E-state index in [2.05, 4.69) is 53.4 Å². The number of fused-ring (bicyclic) bond motifs is 3. The summed E-state index contributed by atoms with van der Waals surface area (Å²) in [4.78, 5) is 2.62. The van der Waals surface area contributed by atoms with Crippen LogP contribution in [0.3, 0.4) is 0 Å². The first-order valence-electron chi connectivity index (χ1n) is 8.37. The quantitative estimate of drug-likeness (QED) is 0.842. The first kappa shape index (κ1) is 13.8. The third kappa shape index (κ3) is 2.89. The van der Waals surface area contributed by atoms with Crippen molar-refractivity contribution in [3.05, 3.63) is 65.7 Å². The lowest BCUT2D eigenvalue weighted by Crippen LogP contribution is -2.46. The predicted octanol–water partition coefficient (Wildman–Crippen LogP) is 4.07. The van der Waals surface area contributed by atoms with Crippen molar-refractivity contribution in [1.82, 2.24) is 4.90 Å². The summed E-state index contributed by atoms with van der Waals surface area (Å²) in [5.41, 5.74) is 2.70. The summed E-state index contributed by atoms with van der Waals surface area (Å²) in [5.74, 6) is 2.58. The summed E-state index contributed by atoms with van der Waals surface area (Å²) in [6, 6.07) is 19.1. The normalized spacial score (nSPS) is 26.8. The molecule has 3 heterocycles. The van der Waals surface area contributed by atoms with Crippen molar-refractivity contribution in [2.24, 2.45) is 5.92 Å². The van der Waals surface area contributed by atoms with Gasteiger partial charge in [-0.25, -0.2) is 0 Å². The number of benzene rings is 2. The van der Waals surface area contributed by atoms with Gasteiger partial charge in [0.1, 0.15) is 12.4 Å². The third-order valence-electron chi connectivity index (χ3n) is 5.21. The smallest absolute Gasteiger partial charge is 0.119 e. The second-order valence-corrected chi connectivity index (χ2v) is 6.59. The first-order valence-corrected chi connectivity index (χ1v) is 8.37. The van der Waals surface area contributed by atoms with Crippen LogP contribution in [0, 0.1) is 5.92 Å². The van der Waals surface area contributed by atoms with E-state index in [0.717, 1.165) is 17.6 Å². The van der Waals surface area contributed by atoms with Gasteiger partial charge in [-0.2, -0.15) is 0 Å². The van der Waals surface area contributed by atoms with E-state index < -0.39 is 0 Å². The predicted molar refractivity (Wildman–Crippen MR) is 89.1 cm³/mol. The van der Waals surface area contributed by atoms with E-state index >= 15 is 0 Å². The molecule has 0 saturated carbocycles. The largest absolute Gasteiger partial charge is 0.489 e. The molecule has 114 valence electrons. The van der Waals surface area contributed by atoms with Crippen LogP contribution >= 0.6 is 0 Å². The highest BCUT2D eigenvalue weighted by atomic mass is 16.5. The molecule has 2 bridgehead atoms. The van der Waals surface area contributed by atoms with Crippen LogP contribution < -0.4 is 4.74 Å². The van der Waals surface area contributed by atoms with Crippen LogP contribution in [0.25, 0.3) is 0 Å². The van der Waals surface area contributed by atoms with Gasteiger partial charge < -0.3 is 9.64 Å². The Balaban J connectivity index is 1.40. The molecule has 22 heavy (non-hydrogen) atoms. The second kappa shape index (κ2) is 6.13. The average molecular weight is 293 g/mol. The summed E-state index contributed by atoms with van der Waals surface area (Å²) in [6.07, 6.45) is 2.74. The zero-order valence-electron chi connectivity index (χ0n) is 12.9. The molecule has 2 heteroatoms. The summed E-state index contributed by atoms with van der Waals surface area (Å²) in [6.45, 7) is 4.49. The molecule has 0 aromatic heterocycles. The fourth-order valence-electron chi connectivity index (χ4n) is 3.89. The number of hydrogen-bond donors (Lipinski definition) is 0. The third-order valence-corrected chi connectivity index (χ3v) is 5.21. The van der Waals surface area contributed by atoms with Crippen LogP contribution in [0.15, 0.2) is 54.6 Å². The fourth-order valence-corrected chi connectivity index (χ4v) is 3.89. The van der Waals surface area contributed by atoms with Gasteiger partial charge in [0, 0.05) is 6.54 Å². The van der Waals surface area contributed by atoms with Crippen molar-refractivity contribution >= 4 is 0 Å². The van der Waals surface area contributed by atoms with Crippen molar-refractivity contribution in [2.75, 3.05) is 19.6 Å². The molecule has 3 aliphatic rings. The van der Waals surface area contributed by atoms with Gasteiger partial charge in [-0.1, -0.05) is 42.5 Å². The Morgan fingerprint density at radius 2 is 1.64 bits per heavy atom. The van der Waals surface area contributed by atoms with Gasteiger partial charge in [-0.15, -0.1) is 0 Å². The Morgan fingerprint density at radius 3 is 2.27 bits per heavy atom. The second-order valence-electron chi connectivity index (χ2n) is 6.59. The Morgan fingerprint density at radius 1 is 0.909 bits per heavy atom. The number of piperidine rings is 3. The molecule has 3 aliphatic heterocycles. The maximum Gasteiger partial charge on any atom is 0.119 e. The van der Waals surface area contributed by atoms with E-state index in [0.29, 0.717) is 6.61 Å².